The molecular formula is C18H16F3N3O2S. The van der Waals surface area contributed by atoms with Crippen LogP contribution in [0.1, 0.15) is 5.69 Å². The van der Waals surface area contributed by atoms with Crippen molar-refractivity contribution in [2.75, 3.05) is 38.1 Å². The van der Waals surface area contributed by atoms with Crippen LogP contribution < -0.4 is 10.5 Å². The topological polar surface area (TPSA) is 49.6 Å². The van der Waals surface area contributed by atoms with E-state index in [1.807, 2.05) is 12.1 Å². The van der Waals surface area contributed by atoms with Crippen molar-refractivity contribution in [2.45, 2.75) is 6.18 Å². The molecule has 0 amide bonds. The van der Waals surface area contributed by atoms with Gasteiger partial charge in [0.2, 0.25) is 0 Å². The van der Waals surface area contributed by atoms with Gasteiger partial charge in [-0.3, -0.25) is 0 Å². The fourth-order valence-corrected chi connectivity index (χ4v) is 3.87. The van der Waals surface area contributed by atoms with Gasteiger partial charge in [0.05, 0.1) is 5.56 Å². The minimum Gasteiger partial charge on any atom is -0.422 e. The third-order valence-electron chi connectivity index (χ3n) is 4.61. The minimum atomic E-state index is -4.54. The highest BCUT2D eigenvalue weighted by Gasteiger charge is 2.34. The Balaban J connectivity index is 1.69. The average molecular weight is 395 g/mol. The molecule has 3 aromatic rings. The number of piperazine rings is 1. The molecule has 0 aliphatic carbocycles. The maximum absolute atomic E-state index is 12.8. The second-order valence-corrected chi connectivity index (χ2v) is 7.35. The van der Waals surface area contributed by atoms with Crippen molar-refractivity contribution in [1.29, 1.82) is 0 Å². The van der Waals surface area contributed by atoms with Gasteiger partial charge in [0.1, 0.15) is 10.6 Å². The average Bonchev–Trinajstić information content (AvgIpc) is 3.11. The second kappa shape index (κ2) is 6.65. The maximum atomic E-state index is 12.8. The summed E-state index contributed by atoms with van der Waals surface area (Å²) in [4.78, 5) is 20.3. The highest BCUT2D eigenvalue weighted by atomic mass is 32.1. The van der Waals surface area contributed by atoms with Crippen LogP contribution in [0.2, 0.25) is 0 Å². The Kier molecular flexibility index (Phi) is 4.43. The van der Waals surface area contributed by atoms with Crippen LogP contribution in [0.5, 0.6) is 0 Å². The third-order valence-corrected chi connectivity index (χ3v) is 5.49. The lowest BCUT2D eigenvalue weighted by atomic mass is 10.1. The van der Waals surface area contributed by atoms with Crippen LogP contribution in [0.25, 0.3) is 21.5 Å². The number of anilines is 1. The lowest BCUT2D eigenvalue weighted by Gasteiger charge is -2.34. The zero-order valence-electron chi connectivity index (χ0n) is 14.4. The van der Waals surface area contributed by atoms with Gasteiger partial charge in [-0.25, -0.2) is 9.78 Å². The summed E-state index contributed by atoms with van der Waals surface area (Å²) in [7, 11) is 2.07. The number of alkyl halides is 3. The first-order valence-electron chi connectivity index (χ1n) is 8.36. The molecule has 0 saturated carbocycles. The van der Waals surface area contributed by atoms with Crippen LogP contribution in [-0.4, -0.2) is 43.1 Å². The summed E-state index contributed by atoms with van der Waals surface area (Å²) in [5, 5.41) is 1.54. The highest BCUT2D eigenvalue weighted by Crippen LogP contribution is 2.33. The predicted octanol–water partition coefficient (Wildman–Crippen LogP) is 3.69. The second-order valence-electron chi connectivity index (χ2n) is 6.50. The SMILES string of the molecule is CN1CCN(c2ccc3cc(-c4nc(C(F)(F)F)cs4)c(=O)oc3c2)CC1. The molecule has 0 radical (unpaired) electrons. The Morgan fingerprint density at radius 1 is 1.15 bits per heavy atom. The van der Waals surface area contributed by atoms with Crippen molar-refractivity contribution < 1.29 is 17.6 Å². The molecule has 0 atom stereocenters. The predicted molar refractivity (Wildman–Crippen MR) is 98.3 cm³/mol. The molecule has 1 aliphatic heterocycles. The van der Waals surface area contributed by atoms with Gasteiger partial charge in [0.25, 0.3) is 0 Å². The van der Waals surface area contributed by atoms with Crippen LogP contribution >= 0.6 is 11.3 Å². The van der Waals surface area contributed by atoms with Crippen LogP contribution in [0, 0.1) is 0 Å². The maximum Gasteiger partial charge on any atom is 0.434 e. The molecule has 5 nitrogen and oxygen atoms in total. The summed E-state index contributed by atoms with van der Waals surface area (Å²) in [6.07, 6.45) is -4.54. The summed E-state index contributed by atoms with van der Waals surface area (Å²) < 4.78 is 43.6. The summed E-state index contributed by atoms with van der Waals surface area (Å²) >= 11 is 0.774. The molecule has 1 fully saturated rings. The molecule has 1 aromatic carbocycles. The van der Waals surface area contributed by atoms with Crippen molar-refractivity contribution in [2.24, 2.45) is 0 Å². The normalized spacial score (nSPS) is 16.2. The van der Waals surface area contributed by atoms with E-state index in [1.165, 1.54) is 6.07 Å². The van der Waals surface area contributed by atoms with Gasteiger partial charge in [0.15, 0.2) is 5.69 Å². The van der Waals surface area contributed by atoms with E-state index in [4.69, 9.17) is 4.42 Å². The lowest BCUT2D eigenvalue weighted by molar-refractivity contribution is -0.140. The molecule has 142 valence electrons. The first-order chi connectivity index (χ1) is 12.8. The molecule has 0 N–H and O–H groups in total. The fraction of sp³-hybridized carbons (Fsp3) is 0.333. The first-order valence-corrected chi connectivity index (χ1v) is 9.24. The standard InChI is InChI=1S/C18H16F3N3O2S/c1-23-4-6-24(7-5-23)12-3-2-11-8-13(17(25)26-14(11)9-12)16-22-15(10-27-16)18(19,20)21/h2-3,8-10H,4-7H2,1H3. The quantitative estimate of drug-likeness (QED) is 0.620. The Morgan fingerprint density at radius 3 is 2.56 bits per heavy atom. The molecule has 0 bridgehead atoms. The summed E-state index contributed by atoms with van der Waals surface area (Å²) in [5.74, 6) is 0. The van der Waals surface area contributed by atoms with Crippen molar-refractivity contribution in [3.8, 4) is 10.6 Å². The van der Waals surface area contributed by atoms with E-state index in [0.717, 1.165) is 48.6 Å². The summed E-state index contributed by atoms with van der Waals surface area (Å²) in [5.41, 5.74) is -0.295. The molecule has 2 aromatic heterocycles. The van der Waals surface area contributed by atoms with E-state index >= 15 is 0 Å². The van der Waals surface area contributed by atoms with Crippen LogP contribution in [0.3, 0.4) is 0 Å². The first kappa shape index (κ1) is 18.0. The van der Waals surface area contributed by atoms with Crippen molar-refractivity contribution in [3.05, 3.63) is 45.8 Å². The van der Waals surface area contributed by atoms with Gasteiger partial charge < -0.3 is 14.2 Å². The number of halogens is 3. The number of aromatic nitrogens is 1. The molecular weight excluding hydrogens is 379 g/mol. The van der Waals surface area contributed by atoms with Crippen molar-refractivity contribution in [3.63, 3.8) is 0 Å². The number of thiazole rings is 1. The van der Waals surface area contributed by atoms with E-state index < -0.39 is 17.5 Å². The Morgan fingerprint density at radius 2 is 1.89 bits per heavy atom. The highest BCUT2D eigenvalue weighted by molar-refractivity contribution is 7.13. The number of hydrogen-bond donors (Lipinski definition) is 0. The van der Waals surface area contributed by atoms with E-state index in [0.29, 0.717) is 11.0 Å². The summed E-state index contributed by atoms with van der Waals surface area (Å²) in [6, 6.07) is 7.08. The number of fused-ring (bicyclic) bond motifs is 1. The zero-order chi connectivity index (χ0) is 19.2. The van der Waals surface area contributed by atoms with Gasteiger partial charge in [-0.1, -0.05) is 0 Å². The number of rotatable bonds is 2. The third kappa shape index (κ3) is 3.57. The van der Waals surface area contributed by atoms with Crippen molar-refractivity contribution >= 4 is 28.0 Å². The van der Waals surface area contributed by atoms with Crippen LogP contribution in [0.15, 0.2) is 38.9 Å². The Labute approximate surface area is 156 Å². The van der Waals surface area contributed by atoms with Crippen molar-refractivity contribution in [1.82, 2.24) is 9.88 Å². The molecule has 0 spiro atoms. The smallest absolute Gasteiger partial charge is 0.422 e. The van der Waals surface area contributed by atoms with Gasteiger partial charge in [-0.2, -0.15) is 13.2 Å². The van der Waals surface area contributed by atoms with E-state index in [1.54, 1.807) is 6.07 Å². The number of hydrogen-bond acceptors (Lipinski definition) is 6. The molecule has 3 heterocycles. The lowest BCUT2D eigenvalue weighted by Crippen LogP contribution is -2.44. The molecule has 0 unspecified atom stereocenters. The zero-order valence-corrected chi connectivity index (χ0v) is 15.2. The number of likely N-dealkylation sites (N-methyl/N-ethyl adjacent to an activating group) is 1. The molecule has 27 heavy (non-hydrogen) atoms. The molecule has 9 heteroatoms. The fourth-order valence-electron chi connectivity index (χ4n) is 3.04. The largest absolute Gasteiger partial charge is 0.434 e. The minimum absolute atomic E-state index is 0.00104. The van der Waals surface area contributed by atoms with Gasteiger partial charge in [0, 0.05) is 48.7 Å². The van der Waals surface area contributed by atoms with Gasteiger partial charge in [-0.15, -0.1) is 11.3 Å². The molecule has 1 saturated heterocycles. The van der Waals surface area contributed by atoms with E-state index in [9.17, 15) is 18.0 Å². The van der Waals surface area contributed by atoms with E-state index in [-0.39, 0.29) is 10.6 Å². The Hall–Kier alpha value is -2.39. The number of nitrogens with zero attached hydrogens (tertiary/aromatic N) is 3. The van der Waals surface area contributed by atoms with E-state index in [2.05, 4.69) is 21.8 Å². The van der Waals surface area contributed by atoms with Gasteiger partial charge >= 0.3 is 11.8 Å². The van der Waals surface area contributed by atoms with Gasteiger partial charge in [-0.05, 0) is 25.2 Å². The molecule has 4 rings (SSSR count). The molecule has 1 aliphatic rings. The Bertz CT molecular complexity index is 1040. The monoisotopic (exact) mass is 395 g/mol. The summed E-state index contributed by atoms with van der Waals surface area (Å²) in [6.45, 7) is 3.66. The van der Waals surface area contributed by atoms with Crippen LogP contribution in [0.4, 0.5) is 18.9 Å². The number of benzene rings is 1. The van der Waals surface area contributed by atoms with Crippen LogP contribution in [-0.2, 0) is 6.18 Å².